The molecular formula is C17H24F2O2. The fourth-order valence-corrected chi connectivity index (χ4v) is 2.30. The summed E-state index contributed by atoms with van der Waals surface area (Å²) in [4.78, 5) is 10.6. The van der Waals surface area contributed by atoms with Gasteiger partial charge in [-0.2, -0.15) is 0 Å². The first-order chi connectivity index (χ1) is 9.58. The molecule has 1 atom stereocenters. The van der Waals surface area contributed by atoms with Crippen molar-refractivity contribution < 1.29 is 18.7 Å². The van der Waals surface area contributed by atoms with Crippen molar-refractivity contribution in [2.75, 3.05) is 0 Å². The Balaban J connectivity index is 2.87. The van der Waals surface area contributed by atoms with Crippen LogP contribution in [0.1, 0.15) is 58.1 Å². The van der Waals surface area contributed by atoms with Crippen molar-refractivity contribution in [1.82, 2.24) is 0 Å². The summed E-state index contributed by atoms with van der Waals surface area (Å²) in [5.41, 5.74) is 0.947. The molecule has 0 aromatic heterocycles. The lowest BCUT2D eigenvalue weighted by molar-refractivity contribution is -0.138. The quantitative estimate of drug-likeness (QED) is 0.772. The van der Waals surface area contributed by atoms with Crippen LogP contribution in [-0.4, -0.2) is 11.1 Å². The topological polar surface area (TPSA) is 37.3 Å². The van der Waals surface area contributed by atoms with Gasteiger partial charge in [-0.3, -0.25) is 4.79 Å². The molecule has 0 amide bonds. The minimum atomic E-state index is -3.00. The minimum Gasteiger partial charge on any atom is -0.481 e. The van der Waals surface area contributed by atoms with Crippen molar-refractivity contribution >= 4 is 5.97 Å². The van der Waals surface area contributed by atoms with E-state index in [-0.39, 0.29) is 17.4 Å². The summed E-state index contributed by atoms with van der Waals surface area (Å²) in [6.45, 7) is 7.76. The lowest BCUT2D eigenvalue weighted by atomic mass is 9.81. The first-order valence-electron chi connectivity index (χ1n) is 7.29. The van der Waals surface area contributed by atoms with Gasteiger partial charge in [0.15, 0.2) is 0 Å². The molecule has 21 heavy (non-hydrogen) atoms. The van der Waals surface area contributed by atoms with Gasteiger partial charge in [0.25, 0.3) is 5.92 Å². The molecule has 0 saturated heterocycles. The Hall–Kier alpha value is -1.45. The van der Waals surface area contributed by atoms with Gasteiger partial charge < -0.3 is 5.11 Å². The van der Waals surface area contributed by atoms with Crippen LogP contribution in [0.4, 0.5) is 8.78 Å². The van der Waals surface area contributed by atoms with Crippen LogP contribution in [0.25, 0.3) is 0 Å². The van der Waals surface area contributed by atoms with Crippen LogP contribution in [0.3, 0.4) is 0 Å². The SMILES string of the molecule is CCC(C)(C)c1ccc(C(F)(F)CC(C)CC(=O)O)cc1. The Morgan fingerprint density at radius 2 is 1.67 bits per heavy atom. The van der Waals surface area contributed by atoms with Crippen LogP contribution < -0.4 is 0 Å². The lowest BCUT2D eigenvalue weighted by Gasteiger charge is -2.25. The van der Waals surface area contributed by atoms with Gasteiger partial charge in [0.1, 0.15) is 0 Å². The number of aliphatic carboxylic acids is 1. The fraction of sp³-hybridized carbons (Fsp3) is 0.588. The van der Waals surface area contributed by atoms with Crippen molar-refractivity contribution in [2.24, 2.45) is 5.92 Å². The standard InChI is InChI=1S/C17H24F2O2/c1-5-16(3,4)13-6-8-14(9-7-13)17(18,19)11-12(2)10-15(20)21/h6-9,12H,5,10-11H2,1-4H3,(H,20,21). The van der Waals surface area contributed by atoms with E-state index < -0.39 is 24.2 Å². The van der Waals surface area contributed by atoms with E-state index in [4.69, 9.17) is 5.11 Å². The van der Waals surface area contributed by atoms with E-state index >= 15 is 0 Å². The maximum absolute atomic E-state index is 14.2. The van der Waals surface area contributed by atoms with E-state index in [0.717, 1.165) is 12.0 Å². The van der Waals surface area contributed by atoms with E-state index in [1.807, 2.05) is 0 Å². The van der Waals surface area contributed by atoms with Crippen LogP contribution in [0.2, 0.25) is 0 Å². The molecule has 2 nitrogen and oxygen atoms in total. The first-order valence-corrected chi connectivity index (χ1v) is 7.29. The molecular weight excluding hydrogens is 274 g/mol. The van der Waals surface area contributed by atoms with Crippen LogP contribution in [-0.2, 0) is 16.1 Å². The molecule has 118 valence electrons. The average Bonchev–Trinajstić information content (AvgIpc) is 2.37. The molecule has 0 aliphatic rings. The van der Waals surface area contributed by atoms with Crippen molar-refractivity contribution in [2.45, 2.75) is 58.3 Å². The maximum Gasteiger partial charge on any atom is 0.303 e. The third kappa shape index (κ3) is 4.80. The average molecular weight is 298 g/mol. The van der Waals surface area contributed by atoms with E-state index in [0.29, 0.717) is 0 Å². The number of rotatable bonds is 7. The number of carbonyl (C=O) groups is 1. The lowest BCUT2D eigenvalue weighted by Crippen LogP contribution is -2.20. The molecule has 1 aromatic carbocycles. The maximum atomic E-state index is 14.2. The molecule has 1 N–H and O–H groups in total. The Bertz CT molecular complexity index is 478. The zero-order chi connectivity index (χ0) is 16.3. The van der Waals surface area contributed by atoms with Crippen molar-refractivity contribution in [3.05, 3.63) is 35.4 Å². The summed E-state index contributed by atoms with van der Waals surface area (Å²) in [6.07, 6.45) is 0.241. The number of benzene rings is 1. The second-order valence-corrected chi connectivity index (χ2v) is 6.43. The molecule has 0 radical (unpaired) electrons. The summed E-state index contributed by atoms with van der Waals surface area (Å²) < 4.78 is 28.3. The Labute approximate surface area is 125 Å². The Morgan fingerprint density at radius 3 is 2.10 bits per heavy atom. The highest BCUT2D eigenvalue weighted by atomic mass is 19.3. The van der Waals surface area contributed by atoms with E-state index in [2.05, 4.69) is 20.8 Å². The van der Waals surface area contributed by atoms with Crippen LogP contribution in [0.5, 0.6) is 0 Å². The van der Waals surface area contributed by atoms with E-state index in [1.165, 1.54) is 19.1 Å². The van der Waals surface area contributed by atoms with Gasteiger partial charge in [0, 0.05) is 18.4 Å². The van der Waals surface area contributed by atoms with Gasteiger partial charge in [0.2, 0.25) is 0 Å². The molecule has 1 unspecified atom stereocenters. The summed E-state index contributed by atoms with van der Waals surface area (Å²) in [5.74, 6) is -4.60. The van der Waals surface area contributed by atoms with Crippen LogP contribution in [0.15, 0.2) is 24.3 Å². The van der Waals surface area contributed by atoms with Gasteiger partial charge in [0.05, 0.1) is 0 Å². The Kier molecular flexibility index (Phi) is 5.48. The minimum absolute atomic E-state index is 0.0373. The van der Waals surface area contributed by atoms with Gasteiger partial charge in [-0.1, -0.05) is 52.0 Å². The number of alkyl halides is 2. The van der Waals surface area contributed by atoms with Crippen molar-refractivity contribution in [3.63, 3.8) is 0 Å². The van der Waals surface area contributed by atoms with Gasteiger partial charge in [-0.05, 0) is 23.3 Å². The number of halogens is 2. The number of carboxylic acids is 1. The predicted octanol–water partition coefficient (Wildman–Crippen LogP) is 4.97. The molecule has 0 heterocycles. The van der Waals surface area contributed by atoms with Crippen molar-refractivity contribution in [1.29, 1.82) is 0 Å². The third-order valence-electron chi connectivity index (χ3n) is 4.10. The predicted molar refractivity (Wildman–Crippen MR) is 79.7 cm³/mol. The molecule has 0 spiro atoms. The van der Waals surface area contributed by atoms with E-state index in [9.17, 15) is 13.6 Å². The molecule has 0 fully saturated rings. The smallest absolute Gasteiger partial charge is 0.303 e. The molecule has 0 bridgehead atoms. The molecule has 1 aromatic rings. The fourth-order valence-electron chi connectivity index (χ4n) is 2.30. The third-order valence-corrected chi connectivity index (χ3v) is 4.10. The summed E-state index contributed by atoms with van der Waals surface area (Å²) >= 11 is 0. The molecule has 4 heteroatoms. The van der Waals surface area contributed by atoms with Gasteiger partial charge in [-0.15, -0.1) is 0 Å². The second kappa shape index (κ2) is 6.54. The molecule has 0 saturated carbocycles. The second-order valence-electron chi connectivity index (χ2n) is 6.43. The number of hydrogen-bond acceptors (Lipinski definition) is 1. The molecule has 1 rings (SSSR count). The van der Waals surface area contributed by atoms with Crippen LogP contribution in [0, 0.1) is 5.92 Å². The largest absolute Gasteiger partial charge is 0.481 e. The van der Waals surface area contributed by atoms with Crippen molar-refractivity contribution in [3.8, 4) is 0 Å². The summed E-state index contributed by atoms with van der Waals surface area (Å²) in [7, 11) is 0. The highest BCUT2D eigenvalue weighted by Gasteiger charge is 2.34. The molecule has 0 aliphatic carbocycles. The highest BCUT2D eigenvalue weighted by molar-refractivity contribution is 5.66. The summed E-state index contributed by atoms with van der Waals surface area (Å²) in [6, 6.07) is 6.41. The normalized spacial score (nSPS) is 14.0. The highest BCUT2D eigenvalue weighted by Crippen LogP contribution is 2.37. The number of hydrogen-bond donors (Lipinski definition) is 1. The van der Waals surface area contributed by atoms with Gasteiger partial charge in [-0.25, -0.2) is 8.78 Å². The zero-order valence-corrected chi connectivity index (χ0v) is 13.1. The zero-order valence-electron chi connectivity index (χ0n) is 13.1. The monoisotopic (exact) mass is 298 g/mol. The van der Waals surface area contributed by atoms with Gasteiger partial charge >= 0.3 is 5.97 Å². The molecule has 0 aliphatic heterocycles. The Morgan fingerprint density at radius 1 is 1.19 bits per heavy atom. The number of carboxylic acid groups (broad SMARTS) is 1. The van der Waals surface area contributed by atoms with E-state index in [1.54, 1.807) is 12.1 Å². The van der Waals surface area contributed by atoms with Crippen LogP contribution >= 0.6 is 0 Å². The first kappa shape index (κ1) is 17.6. The summed E-state index contributed by atoms with van der Waals surface area (Å²) in [5, 5.41) is 8.66.